The molecule has 0 aromatic carbocycles. The van der Waals surface area contributed by atoms with Gasteiger partial charge in [0, 0.05) is 18.6 Å². The highest BCUT2D eigenvalue weighted by atomic mass is 16.3. The normalized spacial score (nSPS) is 23.2. The SMILES string of the molecule is CC(C)C(C)(O)CNCC1(N(C)C)CCC1. The molecule has 0 heterocycles. The van der Waals surface area contributed by atoms with E-state index in [1.165, 1.54) is 19.3 Å². The van der Waals surface area contributed by atoms with Gasteiger partial charge in [-0.25, -0.2) is 0 Å². The van der Waals surface area contributed by atoms with Crippen molar-refractivity contribution in [1.29, 1.82) is 0 Å². The molecule has 0 spiro atoms. The summed E-state index contributed by atoms with van der Waals surface area (Å²) in [5, 5.41) is 13.6. The Balaban J connectivity index is 2.35. The molecule has 0 amide bonds. The van der Waals surface area contributed by atoms with Crippen molar-refractivity contribution in [2.24, 2.45) is 5.92 Å². The minimum atomic E-state index is -0.600. The summed E-state index contributed by atoms with van der Waals surface area (Å²) < 4.78 is 0. The summed E-state index contributed by atoms with van der Waals surface area (Å²) in [7, 11) is 4.31. The van der Waals surface area contributed by atoms with E-state index in [-0.39, 0.29) is 5.92 Å². The molecule has 1 aliphatic rings. The Kier molecular flexibility index (Phi) is 4.38. The first-order valence-corrected chi connectivity index (χ1v) is 6.41. The van der Waals surface area contributed by atoms with Crippen LogP contribution in [0.25, 0.3) is 0 Å². The maximum Gasteiger partial charge on any atom is 0.0766 e. The third kappa shape index (κ3) is 2.96. The number of aliphatic hydroxyl groups is 1. The standard InChI is InChI=1S/C13H28N2O/c1-11(2)12(3,16)9-14-10-13(15(4)5)7-6-8-13/h11,14,16H,6-10H2,1-5H3. The van der Waals surface area contributed by atoms with Crippen molar-refractivity contribution < 1.29 is 5.11 Å². The van der Waals surface area contributed by atoms with Crippen LogP contribution in [-0.2, 0) is 0 Å². The summed E-state index contributed by atoms with van der Waals surface area (Å²) in [5.41, 5.74) is -0.260. The predicted molar refractivity (Wildman–Crippen MR) is 68.6 cm³/mol. The van der Waals surface area contributed by atoms with E-state index in [1.807, 2.05) is 6.92 Å². The fraction of sp³-hybridized carbons (Fsp3) is 1.00. The molecule has 0 saturated heterocycles. The third-order valence-corrected chi connectivity index (χ3v) is 4.41. The molecule has 1 rings (SSSR count). The molecule has 3 nitrogen and oxygen atoms in total. The predicted octanol–water partition coefficient (Wildman–Crippen LogP) is 1.47. The highest BCUT2D eigenvalue weighted by Crippen LogP contribution is 2.35. The molecule has 0 aromatic heterocycles. The van der Waals surface area contributed by atoms with Gasteiger partial charge >= 0.3 is 0 Å². The number of rotatable bonds is 6. The molecule has 2 N–H and O–H groups in total. The van der Waals surface area contributed by atoms with Crippen LogP contribution in [-0.4, -0.2) is 48.3 Å². The molecule has 0 radical (unpaired) electrons. The van der Waals surface area contributed by atoms with E-state index in [0.717, 1.165) is 6.54 Å². The Bertz CT molecular complexity index is 220. The fourth-order valence-electron chi connectivity index (χ4n) is 2.12. The molecule has 1 saturated carbocycles. The third-order valence-electron chi connectivity index (χ3n) is 4.41. The lowest BCUT2D eigenvalue weighted by Gasteiger charge is -2.48. The number of nitrogens with one attached hydrogen (secondary N) is 1. The van der Waals surface area contributed by atoms with Crippen molar-refractivity contribution in [1.82, 2.24) is 10.2 Å². The van der Waals surface area contributed by atoms with Crippen LogP contribution in [0.3, 0.4) is 0 Å². The van der Waals surface area contributed by atoms with Crippen LogP contribution in [0.2, 0.25) is 0 Å². The average Bonchev–Trinajstić information content (AvgIpc) is 2.08. The monoisotopic (exact) mass is 228 g/mol. The molecular weight excluding hydrogens is 200 g/mol. The second-order valence-electron chi connectivity index (χ2n) is 6.09. The van der Waals surface area contributed by atoms with Crippen molar-refractivity contribution in [3.8, 4) is 0 Å². The van der Waals surface area contributed by atoms with Crippen molar-refractivity contribution in [2.75, 3.05) is 27.2 Å². The zero-order valence-electron chi connectivity index (χ0n) is 11.5. The van der Waals surface area contributed by atoms with Gasteiger partial charge in [-0.2, -0.15) is 0 Å². The van der Waals surface area contributed by atoms with Gasteiger partial charge in [-0.05, 0) is 46.2 Å². The summed E-state index contributed by atoms with van der Waals surface area (Å²) in [6.07, 6.45) is 3.88. The minimum absolute atomic E-state index is 0.289. The summed E-state index contributed by atoms with van der Waals surface area (Å²) in [6, 6.07) is 0. The summed E-state index contributed by atoms with van der Waals surface area (Å²) >= 11 is 0. The van der Waals surface area contributed by atoms with Crippen molar-refractivity contribution in [2.45, 2.75) is 51.2 Å². The lowest BCUT2D eigenvalue weighted by atomic mass is 9.75. The molecular formula is C13H28N2O. The van der Waals surface area contributed by atoms with E-state index in [2.05, 4.69) is 38.2 Å². The van der Waals surface area contributed by atoms with Crippen molar-refractivity contribution >= 4 is 0 Å². The van der Waals surface area contributed by atoms with Crippen LogP contribution < -0.4 is 5.32 Å². The summed E-state index contributed by atoms with van der Waals surface area (Å²) in [5.74, 6) is 0.289. The Morgan fingerprint density at radius 3 is 2.25 bits per heavy atom. The highest BCUT2D eigenvalue weighted by molar-refractivity contribution is 4.98. The number of hydrogen-bond acceptors (Lipinski definition) is 3. The second kappa shape index (κ2) is 5.03. The molecule has 0 aliphatic heterocycles. The second-order valence-corrected chi connectivity index (χ2v) is 6.09. The lowest BCUT2D eigenvalue weighted by molar-refractivity contribution is 0.00372. The van der Waals surface area contributed by atoms with Gasteiger partial charge in [0.25, 0.3) is 0 Å². The molecule has 1 atom stereocenters. The van der Waals surface area contributed by atoms with Crippen molar-refractivity contribution in [3.05, 3.63) is 0 Å². The Morgan fingerprint density at radius 2 is 1.94 bits per heavy atom. The molecule has 0 bridgehead atoms. The molecule has 96 valence electrons. The topological polar surface area (TPSA) is 35.5 Å². The van der Waals surface area contributed by atoms with E-state index in [0.29, 0.717) is 12.1 Å². The minimum Gasteiger partial charge on any atom is -0.389 e. The zero-order valence-corrected chi connectivity index (χ0v) is 11.5. The van der Waals surface area contributed by atoms with Crippen LogP contribution >= 0.6 is 0 Å². The molecule has 3 heteroatoms. The fourth-order valence-corrected chi connectivity index (χ4v) is 2.12. The Morgan fingerprint density at radius 1 is 1.38 bits per heavy atom. The van der Waals surface area contributed by atoms with Gasteiger partial charge in [-0.15, -0.1) is 0 Å². The van der Waals surface area contributed by atoms with Gasteiger partial charge in [-0.3, -0.25) is 0 Å². The maximum atomic E-state index is 10.1. The van der Waals surface area contributed by atoms with Gasteiger partial charge in [-0.1, -0.05) is 13.8 Å². The zero-order chi connectivity index (χ0) is 12.4. The molecule has 1 unspecified atom stereocenters. The first-order valence-electron chi connectivity index (χ1n) is 6.41. The smallest absolute Gasteiger partial charge is 0.0766 e. The number of likely N-dealkylation sites (N-methyl/N-ethyl adjacent to an activating group) is 1. The molecule has 0 aromatic rings. The average molecular weight is 228 g/mol. The van der Waals surface area contributed by atoms with E-state index in [1.54, 1.807) is 0 Å². The highest BCUT2D eigenvalue weighted by Gasteiger charge is 2.39. The Labute approximate surface area is 100 Å². The first-order chi connectivity index (χ1) is 7.30. The van der Waals surface area contributed by atoms with Crippen molar-refractivity contribution in [3.63, 3.8) is 0 Å². The van der Waals surface area contributed by atoms with Gasteiger partial charge in [0.05, 0.1) is 5.60 Å². The van der Waals surface area contributed by atoms with Gasteiger partial charge in [0.1, 0.15) is 0 Å². The van der Waals surface area contributed by atoms with Crippen LogP contribution in [0.4, 0.5) is 0 Å². The van der Waals surface area contributed by atoms with E-state index in [4.69, 9.17) is 0 Å². The number of hydrogen-bond donors (Lipinski definition) is 2. The summed E-state index contributed by atoms with van der Waals surface area (Å²) in [4.78, 5) is 2.33. The Hall–Kier alpha value is -0.120. The summed E-state index contributed by atoms with van der Waals surface area (Å²) in [6.45, 7) is 7.70. The van der Waals surface area contributed by atoms with Crippen LogP contribution in [0, 0.1) is 5.92 Å². The number of nitrogens with zero attached hydrogens (tertiary/aromatic N) is 1. The van der Waals surface area contributed by atoms with Crippen LogP contribution in [0.1, 0.15) is 40.0 Å². The maximum absolute atomic E-state index is 10.1. The van der Waals surface area contributed by atoms with Crippen LogP contribution in [0.5, 0.6) is 0 Å². The van der Waals surface area contributed by atoms with Gasteiger partial charge in [0.15, 0.2) is 0 Å². The van der Waals surface area contributed by atoms with E-state index in [9.17, 15) is 5.11 Å². The molecule has 1 fully saturated rings. The van der Waals surface area contributed by atoms with E-state index < -0.39 is 5.60 Å². The van der Waals surface area contributed by atoms with Crippen LogP contribution in [0.15, 0.2) is 0 Å². The van der Waals surface area contributed by atoms with E-state index >= 15 is 0 Å². The quantitative estimate of drug-likeness (QED) is 0.722. The molecule has 1 aliphatic carbocycles. The largest absolute Gasteiger partial charge is 0.389 e. The lowest BCUT2D eigenvalue weighted by Crippen LogP contribution is -2.58. The van der Waals surface area contributed by atoms with Gasteiger partial charge < -0.3 is 15.3 Å². The molecule has 16 heavy (non-hydrogen) atoms. The first kappa shape index (κ1) is 13.9. The van der Waals surface area contributed by atoms with Gasteiger partial charge in [0.2, 0.25) is 0 Å².